The highest BCUT2D eigenvalue weighted by Gasteiger charge is 2.41. The van der Waals surface area contributed by atoms with Gasteiger partial charge in [0, 0.05) is 16.4 Å². The highest BCUT2D eigenvalue weighted by Crippen LogP contribution is 2.44. The first-order valence-electron chi connectivity index (χ1n) is 6.37. The molecule has 0 spiro atoms. The maximum atomic E-state index is 9.89. The quantitative estimate of drug-likeness (QED) is 0.612. The van der Waals surface area contributed by atoms with Crippen LogP contribution in [0.2, 0.25) is 0 Å². The van der Waals surface area contributed by atoms with Crippen molar-refractivity contribution >= 4 is 34.7 Å². The molecule has 0 saturated heterocycles. The van der Waals surface area contributed by atoms with Crippen LogP contribution in [0.1, 0.15) is 0 Å². The van der Waals surface area contributed by atoms with Crippen molar-refractivity contribution in [1.29, 1.82) is 0 Å². The van der Waals surface area contributed by atoms with Crippen molar-refractivity contribution in [3.8, 4) is 5.75 Å². The minimum Gasteiger partial charge on any atom is -0.508 e. The number of allylic oxidation sites excluding steroid dienone is 1. The van der Waals surface area contributed by atoms with Crippen LogP contribution in [0.5, 0.6) is 5.75 Å². The van der Waals surface area contributed by atoms with Gasteiger partial charge in [-0.15, -0.1) is 22.9 Å². The first-order chi connectivity index (χ1) is 10.2. The third kappa shape index (κ3) is 3.28. The largest absolute Gasteiger partial charge is 0.508 e. The molecule has 0 aliphatic heterocycles. The van der Waals surface area contributed by atoms with Gasteiger partial charge in [0.15, 0.2) is 0 Å². The summed E-state index contributed by atoms with van der Waals surface area (Å²) in [6, 6.07) is 11.8. The van der Waals surface area contributed by atoms with E-state index in [1.807, 2.05) is 47.2 Å². The van der Waals surface area contributed by atoms with Gasteiger partial charge in [-0.3, -0.25) is 0 Å². The first-order valence-corrected chi connectivity index (χ1v) is 8.57. The van der Waals surface area contributed by atoms with Crippen LogP contribution in [0.3, 0.4) is 0 Å². The van der Waals surface area contributed by atoms with Gasteiger partial charge in [-0.2, -0.15) is 0 Å². The SMILES string of the molecule is OC1=CC(Oc2ccsc2)(Sc2ccccc2)C(Cl)C=C1. The Morgan fingerprint density at radius 3 is 2.76 bits per heavy atom. The van der Waals surface area contributed by atoms with Crippen LogP contribution in [-0.2, 0) is 0 Å². The Hall–Kier alpha value is -1.36. The summed E-state index contributed by atoms with van der Waals surface area (Å²) in [6.07, 6.45) is 5.01. The molecule has 1 aliphatic carbocycles. The summed E-state index contributed by atoms with van der Waals surface area (Å²) in [7, 11) is 0. The molecule has 2 atom stereocenters. The van der Waals surface area contributed by atoms with Crippen LogP contribution in [0.25, 0.3) is 0 Å². The topological polar surface area (TPSA) is 29.5 Å². The zero-order chi connectivity index (χ0) is 14.7. The molecule has 3 rings (SSSR count). The van der Waals surface area contributed by atoms with E-state index in [9.17, 15) is 5.11 Å². The summed E-state index contributed by atoms with van der Waals surface area (Å²) in [6.45, 7) is 0. The molecule has 1 aliphatic rings. The summed E-state index contributed by atoms with van der Waals surface area (Å²) in [4.78, 5) is 0.153. The molecule has 0 saturated carbocycles. The highest BCUT2D eigenvalue weighted by atomic mass is 35.5. The Balaban J connectivity index is 1.96. The van der Waals surface area contributed by atoms with Crippen molar-refractivity contribution in [3.05, 3.63) is 71.1 Å². The van der Waals surface area contributed by atoms with Gasteiger partial charge in [-0.05, 0) is 29.7 Å². The molecule has 1 heterocycles. The van der Waals surface area contributed by atoms with Gasteiger partial charge in [-0.25, -0.2) is 0 Å². The van der Waals surface area contributed by atoms with E-state index in [0.29, 0.717) is 0 Å². The number of hydrogen-bond acceptors (Lipinski definition) is 4. The fourth-order valence-corrected chi connectivity index (χ4v) is 4.05. The lowest BCUT2D eigenvalue weighted by Gasteiger charge is -2.35. The van der Waals surface area contributed by atoms with Crippen molar-refractivity contribution in [1.82, 2.24) is 0 Å². The first kappa shape index (κ1) is 14.6. The van der Waals surface area contributed by atoms with E-state index in [4.69, 9.17) is 16.3 Å². The van der Waals surface area contributed by atoms with Crippen LogP contribution in [-0.4, -0.2) is 15.4 Å². The Morgan fingerprint density at radius 1 is 1.24 bits per heavy atom. The van der Waals surface area contributed by atoms with Gasteiger partial charge < -0.3 is 9.84 Å². The predicted molar refractivity (Wildman–Crippen MR) is 89.5 cm³/mol. The summed E-state index contributed by atoms with van der Waals surface area (Å²) in [5, 5.41) is 13.4. The van der Waals surface area contributed by atoms with Crippen molar-refractivity contribution in [2.75, 3.05) is 0 Å². The van der Waals surface area contributed by atoms with E-state index < -0.39 is 10.3 Å². The van der Waals surface area contributed by atoms with E-state index in [0.717, 1.165) is 10.6 Å². The third-order valence-corrected chi connectivity index (χ3v) is 5.51. The number of rotatable bonds is 4. The fourth-order valence-electron chi connectivity index (χ4n) is 2.01. The zero-order valence-corrected chi connectivity index (χ0v) is 13.4. The minimum atomic E-state index is -0.872. The van der Waals surface area contributed by atoms with Gasteiger partial charge in [-0.1, -0.05) is 36.0 Å². The van der Waals surface area contributed by atoms with Crippen LogP contribution >= 0.6 is 34.7 Å². The Morgan fingerprint density at radius 2 is 2.05 bits per heavy atom. The zero-order valence-electron chi connectivity index (χ0n) is 11.0. The Bertz CT molecular complexity index is 652. The molecule has 1 N–H and O–H groups in total. The lowest BCUT2D eigenvalue weighted by molar-refractivity contribution is 0.214. The van der Waals surface area contributed by atoms with Crippen molar-refractivity contribution < 1.29 is 9.84 Å². The lowest BCUT2D eigenvalue weighted by atomic mass is 10.1. The van der Waals surface area contributed by atoms with E-state index >= 15 is 0 Å². The molecule has 5 heteroatoms. The van der Waals surface area contributed by atoms with Crippen LogP contribution in [0.4, 0.5) is 0 Å². The molecule has 1 aromatic carbocycles. The third-order valence-electron chi connectivity index (χ3n) is 2.96. The molecule has 2 nitrogen and oxygen atoms in total. The molecular formula is C16H13ClO2S2. The number of aliphatic hydroxyl groups excluding tert-OH is 1. The number of aliphatic hydroxyl groups is 1. The molecule has 21 heavy (non-hydrogen) atoms. The average molecular weight is 337 g/mol. The van der Waals surface area contributed by atoms with Gasteiger partial charge >= 0.3 is 0 Å². The number of halogens is 1. The summed E-state index contributed by atoms with van der Waals surface area (Å²) in [5.74, 6) is 0.902. The average Bonchev–Trinajstić information content (AvgIpc) is 2.97. The van der Waals surface area contributed by atoms with E-state index in [2.05, 4.69) is 0 Å². The van der Waals surface area contributed by atoms with Crippen molar-refractivity contribution in [2.24, 2.45) is 0 Å². The lowest BCUT2D eigenvalue weighted by Crippen LogP contribution is -2.40. The number of thioether (sulfide) groups is 1. The monoisotopic (exact) mass is 336 g/mol. The van der Waals surface area contributed by atoms with Crippen LogP contribution in [0, 0.1) is 0 Å². The molecule has 2 aromatic rings. The second-order valence-corrected chi connectivity index (χ2v) is 7.09. The van der Waals surface area contributed by atoms with Gasteiger partial charge in [0.25, 0.3) is 0 Å². The maximum Gasteiger partial charge on any atom is 0.201 e. The Kier molecular flexibility index (Phi) is 4.29. The van der Waals surface area contributed by atoms with Crippen LogP contribution < -0.4 is 4.74 Å². The molecule has 2 unspecified atom stereocenters. The summed E-state index contributed by atoms with van der Waals surface area (Å²) < 4.78 is 6.12. The normalized spacial score (nSPS) is 24.6. The second kappa shape index (κ2) is 6.18. The number of alkyl halides is 1. The highest BCUT2D eigenvalue weighted by molar-refractivity contribution is 8.00. The minimum absolute atomic E-state index is 0.158. The number of ether oxygens (including phenoxy) is 1. The van der Waals surface area contributed by atoms with E-state index in [-0.39, 0.29) is 5.76 Å². The standard InChI is InChI=1S/C16H13ClO2S2/c17-15-7-6-12(18)10-16(15,19-13-8-9-20-11-13)21-14-4-2-1-3-5-14/h1-11,15,18H. The maximum absolute atomic E-state index is 9.89. The van der Waals surface area contributed by atoms with E-state index in [1.54, 1.807) is 29.6 Å². The van der Waals surface area contributed by atoms with E-state index in [1.165, 1.54) is 11.8 Å². The van der Waals surface area contributed by atoms with Gasteiger partial charge in [0.1, 0.15) is 16.9 Å². The van der Waals surface area contributed by atoms with Crippen molar-refractivity contribution in [2.45, 2.75) is 15.2 Å². The summed E-state index contributed by atoms with van der Waals surface area (Å²) >= 11 is 9.53. The van der Waals surface area contributed by atoms with Crippen molar-refractivity contribution in [3.63, 3.8) is 0 Å². The molecule has 1 aromatic heterocycles. The molecule has 0 amide bonds. The molecule has 0 radical (unpaired) electrons. The van der Waals surface area contributed by atoms with Gasteiger partial charge in [0.2, 0.25) is 4.93 Å². The molecule has 0 fully saturated rings. The number of thiophene rings is 1. The Labute approximate surface area is 136 Å². The smallest absolute Gasteiger partial charge is 0.201 e. The molecular weight excluding hydrogens is 324 g/mol. The van der Waals surface area contributed by atoms with Crippen LogP contribution in [0.15, 0.2) is 76.0 Å². The number of benzene rings is 1. The predicted octanol–water partition coefficient (Wildman–Crippen LogP) is 5.23. The molecule has 108 valence electrons. The number of hydrogen-bond donors (Lipinski definition) is 1. The molecule has 0 bridgehead atoms. The van der Waals surface area contributed by atoms with Gasteiger partial charge in [0.05, 0.1) is 0 Å². The summed E-state index contributed by atoms with van der Waals surface area (Å²) in [5.41, 5.74) is 0. The fraction of sp³-hybridized carbons (Fsp3) is 0.125. The second-order valence-electron chi connectivity index (χ2n) is 4.53.